The van der Waals surface area contributed by atoms with Gasteiger partial charge in [0.1, 0.15) is 5.75 Å². The molecule has 0 fully saturated rings. The molecule has 1 aromatic heterocycles. The second-order valence-corrected chi connectivity index (χ2v) is 4.37. The summed E-state index contributed by atoms with van der Waals surface area (Å²) in [5, 5.41) is 7.55. The van der Waals surface area contributed by atoms with Crippen LogP contribution in [0.4, 0.5) is 0 Å². The molecule has 0 spiro atoms. The minimum atomic E-state index is 0.788. The average molecular weight is 245 g/mol. The zero-order valence-electron chi connectivity index (χ0n) is 11.1. The quantitative estimate of drug-likeness (QED) is 0.876. The van der Waals surface area contributed by atoms with Crippen molar-refractivity contribution in [2.24, 2.45) is 7.05 Å². The van der Waals surface area contributed by atoms with Crippen LogP contribution in [-0.4, -0.2) is 16.9 Å². The molecule has 18 heavy (non-hydrogen) atoms. The van der Waals surface area contributed by atoms with Gasteiger partial charge in [0.15, 0.2) is 0 Å². The number of methoxy groups -OCH3 is 1. The number of benzene rings is 1. The van der Waals surface area contributed by atoms with Gasteiger partial charge in [-0.3, -0.25) is 4.68 Å². The highest BCUT2D eigenvalue weighted by molar-refractivity contribution is 5.36. The lowest BCUT2D eigenvalue weighted by atomic mass is 10.1. The first-order valence-electron chi connectivity index (χ1n) is 6.02. The highest BCUT2D eigenvalue weighted by atomic mass is 16.5. The van der Waals surface area contributed by atoms with Crippen LogP contribution in [0.15, 0.2) is 30.5 Å². The average Bonchev–Trinajstić information content (AvgIpc) is 2.76. The third-order valence-electron chi connectivity index (χ3n) is 2.98. The fourth-order valence-corrected chi connectivity index (χ4v) is 1.95. The van der Waals surface area contributed by atoms with Crippen LogP contribution in [0, 0.1) is 6.92 Å². The highest BCUT2D eigenvalue weighted by Crippen LogP contribution is 2.19. The number of ether oxygens (including phenoxy) is 1. The second kappa shape index (κ2) is 5.69. The lowest BCUT2D eigenvalue weighted by Gasteiger charge is -2.10. The van der Waals surface area contributed by atoms with Crippen LogP contribution < -0.4 is 10.1 Å². The summed E-state index contributed by atoms with van der Waals surface area (Å²) in [5.74, 6) is 0.929. The Morgan fingerprint density at radius 3 is 2.78 bits per heavy atom. The second-order valence-electron chi connectivity index (χ2n) is 4.37. The predicted octanol–water partition coefficient (Wildman–Crippen LogP) is 2.03. The largest absolute Gasteiger partial charge is 0.496 e. The lowest BCUT2D eigenvalue weighted by molar-refractivity contribution is 0.407. The molecule has 0 unspecified atom stereocenters. The van der Waals surface area contributed by atoms with E-state index in [2.05, 4.69) is 29.5 Å². The monoisotopic (exact) mass is 245 g/mol. The van der Waals surface area contributed by atoms with E-state index in [1.807, 2.05) is 30.1 Å². The van der Waals surface area contributed by atoms with Crippen LogP contribution in [-0.2, 0) is 20.1 Å². The van der Waals surface area contributed by atoms with E-state index in [0.717, 1.165) is 18.8 Å². The molecule has 1 N–H and O–H groups in total. The van der Waals surface area contributed by atoms with Gasteiger partial charge in [0, 0.05) is 31.9 Å². The molecule has 0 bridgehead atoms. The smallest absolute Gasteiger partial charge is 0.123 e. The molecule has 2 aromatic rings. The summed E-state index contributed by atoms with van der Waals surface area (Å²) >= 11 is 0. The summed E-state index contributed by atoms with van der Waals surface area (Å²) in [6.07, 6.45) is 1.81. The molecule has 0 aliphatic heterocycles. The van der Waals surface area contributed by atoms with Crippen LogP contribution in [0.1, 0.15) is 16.8 Å². The van der Waals surface area contributed by atoms with Crippen molar-refractivity contribution in [3.8, 4) is 5.75 Å². The Labute approximate surface area is 108 Å². The van der Waals surface area contributed by atoms with Gasteiger partial charge in [-0.1, -0.05) is 17.7 Å². The minimum absolute atomic E-state index is 0.788. The van der Waals surface area contributed by atoms with E-state index in [1.165, 1.54) is 16.8 Å². The number of hydrogen-bond donors (Lipinski definition) is 1. The van der Waals surface area contributed by atoms with Crippen molar-refractivity contribution in [3.63, 3.8) is 0 Å². The van der Waals surface area contributed by atoms with Gasteiger partial charge in [-0.25, -0.2) is 0 Å². The summed E-state index contributed by atoms with van der Waals surface area (Å²) in [7, 11) is 3.65. The molecular weight excluding hydrogens is 226 g/mol. The third-order valence-corrected chi connectivity index (χ3v) is 2.98. The lowest BCUT2D eigenvalue weighted by Crippen LogP contribution is -2.15. The first-order chi connectivity index (χ1) is 8.70. The first-order valence-corrected chi connectivity index (χ1v) is 6.02. The molecule has 0 saturated carbocycles. The SMILES string of the molecule is COc1ccc(C)cc1CNCc1ccnn1C. The minimum Gasteiger partial charge on any atom is -0.496 e. The molecule has 0 amide bonds. The van der Waals surface area contributed by atoms with Crippen molar-refractivity contribution in [3.05, 3.63) is 47.3 Å². The van der Waals surface area contributed by atoms with Crippen LogP contribution >= 0.6 is 0 Å². The van der Waals surface area contributed by atoms with Crippen molar-refractivity contribution in [2.45, 2.75) is 20.0 Å². The van der Waals surface area contributed by atoms with E-state index in [1.54, 1.807) is 7.11 Å². The van der Waals surface area contributed by atoms with E-state index in [-0.39, 0.29) is 0 Å². The summed E-state index contributed by atoms with van der Waals surface area (Å²) in [6, 6.07) is 8.23. The Bertz CT molecular complexity index is 520. The Morgan fingerprint density at radius 1 is 1.28 bits per heavy atom. The third kappa shape index (κ3) is 2.90. The van der Waals surface area contributed by atoms with Crippen LogP contribution in [0.25, 0.3) is 0 Å². The van der Waals surface area contributed by atoms with Gasteiger partial charge in [-0.15, -0.1) is 0 Å². The molecule has 0 aliphatic carbocycles. The van der Waals surface area contributed by atoms with Crippen molar-refractivity contribution in [1.29, 1.82) is 0 Å². The van der Waals surface area contributed by atoms with E-state index in [4.69, 9.17) is 4.74 Å². The molecule has 1 heterocycles. The molecule has 96 valence electrons. The van der Waals surface area contributed by atoms with Crippen molar-refractivity contribution >= 4 is 0 Å². The molecule has 0 radical (unpaired) electrons. The van der Waals surface area contributed by atoms with E-state index < -0.39 is 0 Å². The summed E-state index contributed by atoms with van der Waals surface area (Å²) < 4.78 is 7.23. The van der Waals surface area contributed by atoms with Crippen LogP contribution in [0.5, 0.6) is 5.75 Å². The zero-order chi connectivity index (χ0) is 13.0. The normalized spacial score (nSPS) is 10.6. The van der Waals surface area contributed by atoms with Gasteiger partial charge in [-0.2, -0.15) is 5.10 Å². The fraction of sp³-hybridized carbons (Fsp3) is 0.357. The van der Waals surface area contributed by atoms with Crippen molar-refractivity contribution in [1.82, 2.24) is 15.1 Å². The molecular formula is C14H19N3O. The van der Waals surface area contributed by atoms with Crippen molar-refractivity contribution < 1.29 is 4.74 Å². The van der Waals surface area contributed by atoms with E-state index in [0.29, 0.717) is 0 Å². The summed E-state index contributed by atoms with van der Waals surface area (Å²) in [6.45, 7) is 3.67. The number of hydrogen-bond acceptors (Lipinski definition) is 3. The molecule has 0 saturated heterocycles. The topological polar surface area (TPSA) is 39.1 Å². The zero-order valence-corrected chi connectivity index (χ0v) is 11.1. The predicted molar refractivity (Wildman–Crippen MR) is 71.5 cm³/mol. The first kappa shape index (κ1) is 12.6. The fourth-order valence-electron chi connectivity index (χ4n) is 1.95. The molecule has 0 aliphatic rings. The van der Waals surface area contributed by atoms with Crippen LogP contribution in [0.2, 0.25) is 0 Å². The molecule has 1 aromatic carbocycles. The number of nitrogens with zero attached hydrogens (tertiary/aromatic N) is 2. The Balaban J connectivity index is 1.98. The molecule has 0 atom stereocenters. The van der Waals surface area contributed by atoms with Gasteiger partial charge in [0.2, 0.25) is 0 Å². The maximum atomic E-state index is 5.35. The van der Waals surface area contributed by atoms with Gasteiger partial charge in [0.05, 0.1) is 12.8 Å². The standard InChI is InChI=1S/C14H19N3O/c1-11-4-5-14(18-3)12(8-11)9-15-10-13-6-7-16-17(13)2/h4-8,15H,9-10H2,1-3H3. The maximum absolute atomic E-state index is 5.35. The highest BCUT2D eigenvalue weighted by Gasteiger charge is 2.03. The van der Waals surface area contributed by atoms with E-state index in [9.17, 15) is 0 Å². The van der Waals surface area contributed by atoms with Crippen molar-refractivity contribution in [2.75, 3.05) is 7.11 Å². The number of rotatable bonds is 5. The molecule has 4 heteroatoms. The van der Waals surface area contributed by atoms with Gasteiger partial charge >= 0.3 is 0 Å². The van der Waals surface area contributed by atoms with Crippen LogP contribution in [0.3, 0.4) is 0 Å². The summed E-state index contributed by atoms with van der Waals surface area (Å²) in [5.41, 5.74) is 3.59. The number of aromatic nitrogens is 2. The van der Waals surface area contributed by atoms with E-state index >= 15 is 0 Å². The van der Waals surface area contributed by atoms with Gasteiger partial charge in [0.25, 0.3) is 0 Å². The number of nitrogens with one attached hydrogen (secondary N) is 1. The molecule has 4 nitrogen and oxygen atoms in total. The Hall–Kier alpha value is -1.81. The molecule has 2 rings (SSSR count). The maximum Gasteiger partial charge on any atom is 0.123 e. The summed E-state index contributed by atoms with van der Waals surface area (Å²) in [4.78, 5) is 0. The van der Waals surface area contributed by atoms with Gasteiger partial charge in [-0.05, 0) is 19.1 Å². The van der Waals surface area contributed by atoms with Gasteiger partial charge < -0.3 is 10.1 Å². The Morgan fingerprint density at radius 2 is 2.11 bits per heavy atom. The number of aryl methyl sites for hydroxylation is 2. The Kier molecular flexibility index (Phi) is 3.99.